The fourth-order valence-corrected chi connectivity index (χ4v) is 5.80. The molecule has 24 heteroatoms. The maximum absolute atomic E-state index is 13.5. The molecule has 6 N–H and O–H groups in total. The molecular weight excluding hydrogens is 742 g/mol. The zero-order chi connectivity index (χ0) is 38.4. The van der Waals surface area contributed by atoms with E-state index in [2.05, 4.69) is 4.98 Å². The fourth-order valence-electron chi connectivity index (χ4n) is 4.80. The number of nitrogens with one attached hydrogen (secondary N) is 4. The highest BCUT2D eigenvalue weighted by Crippen LogP contribution is 2.35. The number of halogens is 6. The molecular formula is C27H26F6N8O8S2. The summed E-state index contributed by atoms with van der Waals surface area (Å²) < 4.78 is 126. The number of alkyl halides is 6. The van der Waals surface area contributed by atoms with E-state index in [4.69, 9.17) is 5.73 Å². The second-order valence-electron chi connectivity index (χ2n) is 11.0. The lowest BCUT2D eigenvalue weighted by atomic mass is 10.0. The third-order valence-electron chi connectivity index (χ3n) is 6.99. The van der Waals surface area contributed by atoms with Crippen molar-refractivity contribution in [3.63, 3.8) is 0 Å². The number of aromatic amines is 2. The first kappa shape index (κ1) is 38.4. The van der Waals surface area contributed by atoms with E-state index < -0.39 is 72.6 Å². The van der Waals surface area contributed by atoms with Crippen LogP contribution in [0.1, 0.15) is 27.9 Å². The molecule has 2 aromatic carbocycles. The molecule has 0 spiro atoms. The number of aromatic nitrogens is 5. The Balaban J connectivity index is 0.000000233. The van der Waals surface area contributed by atoms with E-state index in [1.807, 2.05) is 4.98 Å². The number of rotatable bonds is 7. The third-order valence-corrected chi connectivity index (χ3v) is 8.01. The summed E-state index contributed by atoms with van der Waals surface area (Å²) in [6.07, 6.45) is -6.41. The molecule has 0 unspecified atom stereocenters. The molecule has 3 aromatic heterocycles. The average Bonchev–Trinajstić information content (AvgIpc) is 3.39. The van der Waals surface area contributed by atoms with Crippen LogP contribution in [-0.2, 0) is 45.5 Å². The fraction of sp³-hybridized carbons (Fsp3) is 0.259. The third kappa shape index (κ3) is 8.69. The number of H-pyrrole nitrogens is 2. The molecule has 0 amide bonds. The van der Waals surface area contributed by atoms with Gasteiger partial charge in [-0.1, -0.05) is 0 Å². The van der Waals surface area contributed by atoms with Crippen LogP contribution in [0.5, 0.6) is 0 Å². The Hall–Kier alpha value is -5.36. The summed E-state index contributed by atoms with van der Waals surface area (Å²) in [7, 11) is -7.92. The molecule has 3 heterocycles. The highest BCUT2D eigenvalue weighted by Gasteiger charge is 2.35. The van der Waals surface area contributed by atoms with Gasteiger partial charge in [0.25, 0.3) is 11.1 Å². The van der Waals surface area contributed by atoms with Crippen LogP contribution in [0.15, 0.2) is 61.8 Å². The first-order chi connectivity index (χ1) is 23.3. The minimum atomic E-state index is -4.72. The van der Waals surface area contributed by atoms with Crippen molar-refractivity contribution in [2.75, 3.05) is 22.2 Å². The largest absolute Gasteiger partial charge is 0.416 e. The average molecular weight is 769 g/mol. The number of nitrogens with two attached hydrogens (primary N) is 1. The minimum absolute atomic E-state index is 0.158. The number of hydrogen-bond acceptors (Lipinski definition) is 9. The summed E-state index contributed by atoms with van der Waals surface area (Å²) in [5.74, 6) is 0. The lowest BCUT2D eigenvalue weighted by molar-refractivity contribution is -0.139. The van der Waals surface area contributed by atoms with E-state index in [-0.39, 0.29) is 48.8 Å². The van der Waals surface area contributed by atoms with E-state index >= 15 is 0 Å². The molecule has 0 fully saturated rings. The van der Waals surface area contributed by atoms with Crippen molar-refractivity contribution in [3.05, 3.63) is 112 Å². The van der Waals surface area contributed by atoms with Gasteiger partial charge < -0.3 is 20.3 Å². The molecule has 0 saturated heterocycles. The summed E-state index contributed by atoms with van der Waals surface area (Å²) in [6.45, 7) is 1.05. The number of hydrogen-bond donors (Lipinski definition) is 5. The van der Waals surface area contributed by atoms with Crippen LogP contribution in [0.2, 0.25) is 0 Å². The summed E-state index contributed by atoms with van der Waals surface area (Å²) in [6, 6.07) is 6.54. The molecule has 0 aliphatic rings. The van der Waals surface area contributed by atoms with Crippen molar-refractivity contribution < 1.29 is 43.2 Å². The minimum Gasteiger partial charge on any atom is -0.347 e. The highest BCUT2D eigenvalue weighted by molar-refractivity contribution is 7.91. The Morgan fingerprint density at radius 1 is 0.725 bits per heavy atom. The molecule has 0 saturated carbocycles. The number of nitrogens with zero attached hydrogens (tertiary/aromatic N) is 3. The van der Waals surface area contributed by atoms with Gasteiger partial charge in [-0.25, -0.2) is 36.1 Å². The van der Waals surface area contributed by atoms with Crippen molar-refractivity contribution in [2.45, 2.75) is 32.4 Å². The molecule has 0 bridgehead atoms. The van der Waals surface area contributed by atoms with Crippen molar-refractivity contribution >= 4 is 41.9 Å². The van der Waals surface area contributed by atoms with E-state index in [1.54, 1.807) is 39.5 Å². The normalized spacial score (nSPS) is 12.5. The Morgan fingerprint density at radius 2 is 1.14 bits per heavy atom. The first-order valence-corrected chi connectivity index (χ1v) is 17.6. The van der Waals surface area contributed by atoms with E-state index in [1.165, 1.54) is 0 Å². The molecule has 276 valence electrons. The molecule has 0 atom stereocenters. The lowest BCUT2D eigenvalue weighted by Crippen LogP contribution is -2.43. The molecule has 0 aliphatic heterocycles. The standard InChI is InChI=1S/C16H15F3N4O4S.C11H11F3N4O4S/c1-9-4-3-5-22(9)8-10-6-11-13(7-12(10)16(17,18)19)20-15(25)23(14(11)24)21-28(2,26)27;1-23(21,22)17-18-9(19)6-2-5(4-15)7(11(12,13)14)3-8(6)16-10(18)20/h3-7,21H,8H2,1-2H3,(H,20,25);2-3,17H,4,15H2,1H3,(H,16,20). The van der Waals surface area contributed by atoms with Crippen LogP contribution < -0.4 is 37.9 Å². The molecule has 5 aromatic rings. The summed E-state index contributed by atoms with van der Waals surface area (Å²) >= 11 is 0. The molecule has 51 heavy (non-hydrogen) atoms. The maximum atomic E-state index is 13.5. The van der Waals surface area contributed by atoms with Gasteiger partial charge in [0.15, 0.2) is 0 Å². The van der Waals surface area contributed by atoms with Crippen LogP contribution in [-0.4, -0.2) is 53.2 Å². The number of aryl methyl sites for hydroxylation is 1. The number of fused-ring (bicyclic) bond motifs is 2. The second kappa shape index (κ2) is 13.4. The topological polar surface area (TPSA) is 233 Å². The summed E-state index contributed by atoms with van der Waals surface area (Å²) in [5, 5.41) is -0.572. The van der Waals surface area contributed by atoms with E-state index in [9.17, 15) is 62.4 Å². The van der Waals surface area contributed by atoms with Gasteiger partial charge in [0.1, 0.15) is 0 Å². The van der Waals surface area contributed by atoms with E-state index in [0.717, 1.165) is 18.4 Å². The lowest BCUT2D eigenvalue weighted by Gasteiger charge is -2.16. The Labute approximate surface area is 281 Å². The first-order valence-electron chi connectivity index (χ1n) is 13.9. The van der Waals surface area contributed by atoms with Crippen LogP contribution in [0.3, 0.4) is 0 Å². The van der Waals surface area contributed by atoms with Gasteiger partial charge in [0.2, 0.25) is 20.0 Å². The zero-order valence-corrected chi connectivity index (χ0v) is 27.9. The Morgan fingerprint density at radius 3 is 1.49 bits per heavy atom. The van der Waals surface area contributed by atoms with E-state index in [0.29, 0.717) is 24.1 Å². The Kier molecular flexibility index (Phi) is 10.1. The number of sulfonamides is 2. The van der Waals surface area contributed by atoms with Crippen molar-refractivity contribution in [3.8, 4) is 0 Å². The van der Waals surface area contributed by atoms with Crippen molar-refractivity contribution in [1.82, 2.24) is 23.9 Å². The van der Waals surface area contributed by atoms with Crippen molar-refractivity contribution in [2.24, 2.45) is 5.73 Å². The molecule has 5 rings (SSSR count). The summed E-state index contributed by atoms with van der Waals surface area (Å²) in [4.78, 5) is 55.9. The van der Waals surface area contributed by atoms with Gasteiger partial charge in [0, 0.05) is 25.0 Å². The van der Waals surface area contributed by atoms with Crippen molar-refractivity contribution in [1.29, 1.82) is 0 Å². The second-order valence-corrected chi connectivity index (χ2v) is 14.4. The van der Waals surface area contributed by atoms with Gasteiger partial charge in [-0.15, -0.1) is 0 Å². The zero-order valence-electron chi connectivity index (χ0n) is 26.2. The van der Waals surface area contributed by atoms with Crippen LogP contribution >= 0.6 is 0 Å². The predicted octanol–water partition coefficient (Wildman–Crippen LogP) is 1.04. The highest BCUT2D eigenvalue weighted by atomic mass is 32.2. The number of benzene rings is 2. The van der Waals surface area contributed by atoms with Crippen LogP contribution in [0.25, 0.3) is 21.8 Å². The van der Waals surface area contributed by atoms with Gasteiger partial charge >= 0.3 is 23.7 Å². The quantitative estimate of drug-likeness (QED) is 0.149. The van der Waals surface area contributed by atoms with Crippen LogP contribution in [0.4, 0.5) is 26.3 Å². The Bertz CT molecular complexity index is 2640. The SMILES string of the molecule is CS(=O)(=O)Nn1c(=O)[nH]c2cc(C(F)(F)F)c(CN)cc2c1=O.Cc1cccn1Cc1cc2c(=O)n(NS(C)(=O)=O)c(=O)[nH]c2cc1C(F)(F)F. The van der Waals surface area contributed by atoms with Gasteiger partial charge in [0.05, 0.1) is 45.4 Å². The maximum Gasteiger partial charge on any atom is 0.416 e. The molecule has 16 nitrogen and oxygen atoms in total. The monoisotopic (exact) mass is 768 g/mol. The molecule has 0 radical (unpaired) electrons. The van der Waals surface area contributed by atoms with Gasteiger partial charge in [-0.3, -0.25) is 9.59 Å². The van der Waals surface area contributed by atoms with Crippen LogP contribution in [0, 0.1) is 6.92 Å². The summed E-state index contributed by atoms with van der Waals surface area (Å²) in [5.41, 5.74) is -2.01. The smallest absolute Gasteiger partial charge is 0.347 e. The van der Waals surface area contributed by atoms with Gasteiger partial charge in [-0.05, 0) is 54.4 Å². The molecule has 0 aliphatic carbocycles. The van der Waals surface area contributed by atoms with Gasteiger partial charge in [-0.2, -0.15) is 35.7 Å². The predicted molar refractivity (Wildman–Crippen MR) is 172 cm³/mol.